The smallest absolute Gasteiger partial charge is 0.332 e. The maximum Gasteiger partial charge on any atom is 0.332 e. The van der Waals surface area contributed by atoms with Crippen LogP contribution in [0.1, 0.15) is 6.92 Å². The standard InChI is InChI=1S/C9H17N3O4/c1-9(16-4-7(13)14)5-12(6-9)8(15)10-11(2)3/h4-6H2,1-3H3,(H,10,15)(H,13,14). The molecule has 0 aromatic carbocycles. The van der Waals surface area contributed by atoms with Crippen molar-refractivity contribution >= 4 is 12.0 Å². The molecule has 0 bridgehead atoms. The van der Waals surface area contributed by atoms with E-state index >= 15 is 0 Å². The van der Waals surface area contributed by atoms with E-state index in [0.717, 1.165) is 0 Å². The largest absolute Gasteiger partial charge is 0.480 e. The van der Waals surface area contributed by atoms with Crippen molar-refractivity contribution in [2.75, 3.05) is 33.8 Å². The Bertz CT molecular complexity index is 286. The number of nitrogens with one attached hydrogen (secondary N) is 1. The minimum absolute atomic E-state index is 0.207. The number of amides is 2. The molecule has 1 rings (SSSR count). The number of hydrazine groups is 1. The molecule has 7 nitrogen and oxygen atoms in total. The van der Waals surface area contributed by atoms with E-state index in [1.54, 1.807) is 30.9 Å². The quantitative estimate of drug-likeness (QED) is 0.628. The summed E-state index contributed by atoms with van der Waals surface area (Å²) in [6, 6.07) is -0.207. The van der Waals surface area contributed by atoms with Crippen LogP contribution in [0.15, 0.2) is 0 Å². The van der Waals surface area contributed by atoms with Gasteiger partial charge in [0.2, 0.25) is 0 Å². The van der Waals surface area contributed by atoms with Crippen molar-refractivity contribution in [2.45, 2.75) is 12.5 Å². The Morgan fingerprint density at radius 1 is 1.50 bits per heavy atom. The van der Waals surface area contributed by atoms with Crippen molar-refractivity contribution in [2.24, 2.45) is 0 Å². The third-order valence-electron chi connectivity index (χ3n) is 2.20. The lowest BCUT2D eigenvalue weighted by molar-refractivity contribution is -0.159. The molecule has 0 spiro atoms. The molecule has 16 heavy (non-hydrogen) atoms. The van der Waals surface area contributed by atoms with Gasteiger partial charge in [-0.05, 0) is 6.92 Å². The second-order valence-corrected chi connectivity index (χ2v) is 4.30. The fourth-order valence-corrected chi connectivity index (χ4v) is 1.49. The lowest BCUT2D eigenvalue weighted by atomic mass is 9.97. The van der Waals surface area contributed by atoms with Gasteiger partial charge in [-0.15, -0.1) is 0 Å². The zero-order valence-corrected chi connectivity index (χ0v) is 9.69. The summed E-state index contributed by atoms with van der Waals surface area (Å²) in [6.07, 6.45) is 0. The van der Waals surface area contributed by atoms with Crippen molar-refractivity contribution in [1.82, 2.24) is 15.3 Å². The van der Waals surface area contributed by atoms with E-state index in [1.165, 1.54) is 0 Å². The number of carbonyl (C=O) groups excluding carboxylic acids is 1. The second kappa shape index (κ2) is 4.67. The maximum absolute atomic E-state index is 11.5. The Hall–Kier alpha value is -1.34. The Labute approximate surface area is 93.9 Å². The number of likely N-dealkylation sites (tertiary alicyclic amines) is 1. The maximum atomic E-state index is 11.5. The molecule has 92 valence electrons. The van der Waals surface area contributed by atoms with Crippen LogP contribution in [0.4, 0.5) is 4.79 Å². The normalized spacial score (nSPS) is 18.1. The Kier molecular flexibility index (Phi) is 3.71. The number of ether oxygens (including phenoxy) is 1. The van der Waals surface area contributed by atoms with Gasteiger partial charge in [-0.2, -0.15) is 0 Å². The number of urea groups is 1. The average Bonchev–Trinajstić information content (AvgIpc) is 2.09. The van der Waals surface area contributed by atoms with E-state index in [0.29, 0.717) is 13.1 Å². The highest BCUT2D eigenvalue weighted by molar-refractivity contribution is 5.75. The highest BCUT2D eigenvalue weighted by Gasteiger charge is 2.42. The van der Waals surface area contributed by atoms with Crippen LogP contribution >= 0.6 is 0 Å². The van der Waals surface area contributed by atoms with Crippen LogP contribution in [0, 0.1) is 0 Å². The monoisotopic (exact) mass is 231 g/mol. The number of rotatable bonds is 4. The number of hydrogen-bond donors (Lipinski definition) is 2. The summed E-state index contributed by atoms with van der Waals surface area (Å²) < 4.78 is 5.18. The fourth-order valence-electron chi connectivity index (χ4n) is 1.49. The van der Waals surface area contributed by atoms with Gasteiger partial charge in [0.1, 0.15) is 12.2 Å². The first-order valence-corrected chi connectivity index (χ1v) is 4.91. The molecule has 1 saturated heterocycles. The highest BCUT2D eigenvalue weighted by atomic mass is 16.5. The Morgan fingerprint density at radius 2 is 2.06 bits per heavy atom. The fraction of sp³-hybridized carbons (Fsp3) is 0.778. The predicted molar refractivity (Wildman–Crippen MR) is 55.8 cm³/mol. The van der Waals surface area contributed by atoms with Gasteiger partial charge in [0.25, 0.3) is 0 Å². The van der Waals surface area contributed by atoms with E-state index in [-0.39, 0.29) is 12.6 Å². The molecule has 2 amide bonds. The summed E-state index contributed by atoms with van der Waals surface area (Å²) in [5.41, 5.74) is 2.06. The first-order valence-electron chi connectivity index (χ1n) is 4.91. The first-order chi connectivity index (χ1) is 7.32. The number of carboxylic acids is 1. The van der Waals surface area contributed by atoms with E-state index in [2.05, 4.69) is 5.43 Å². The Morgan fingerprint density at radius 3 is 2.50 bits per heavy atom. The summed E-state index contributed by atoms with van der Waals surface area (Å²) in [6.45, 7) is 2.26. The summed E-state index contributed by atoms with van der Waals surface area (Å²) in [5, 5.41) is 10.0. The Balaban J connectivity index is 2.30. The van der Waals surface area contributed by atoms with Crippen LogP contribution in [-0.2, 0) is 9.53 Å². The summed E-state index contributed by atoms with van der Waals surface area (Å²) in [7, 11) is 3.44. The van der Waals surface area contributed by atoms with E-state index in [1.807, 2.05) is 0 Å². The second-order valence-electron chi connectivity index (χ2n) is 4.30. The van der Waals surface area contributed by atoms with Gasteiger partial charge in [-0.25, -0.2) is 14.6 Å². The lowest BCUT2D eigenvalue weighted by Gasteiger charge is -2.47. The van der Waals surface area contributed by atoms with Crippen LogP contribution < -0.4 is 5.43 Å². The van der Waals surface area contributed by atoms with Crippen molar-refractivity contribution in [3.8, 4) is 0 Å². The van der Waals surface area contributed by atoms with Gasteiger partial charge < -0.3 is 14.7 Å². The zero-order valence-electron chi connectivity index (χ0n) is 9.69. The number of aliphatic carboxylic acids is 1. The molecule has 0 atom stereocenters. The van der Waals surface area contributed by atoms with Gasteiger partial charge >= 0.3 is 12.0 Å². The number of nitrogens with zero attached hydrogens (tertiary/aromatic N) is 2. The van der Waals surface area contributed by atoms with Gasteiger partial charge in [-0.1, -0.05) is 0 Å². The molecule has 1 heterocycles. The molecular formula is C9H17N3O4. The predicted octanol–water partition coefficient (Wildman–Crippen LogP) is -0.652. The third kappa shape index (κ3) is 3.35. The third-order valence-corrected chi connectivity index (χ3v) is 2.20. The molecule has 0 unspecified atom stereocenters. The molecule has 0 radical (unpaired) electrons. The van der Waals surface area contributed by atoms with Crippen LogP contribution in [0.3, 0.4) is 0 Å². The molecule has 2 N–H and O–H groups in total. The summed E-state index contributed by atoms with van der Waals surface area (Å²) in [4.78, 5) is 23.3. The summed E-state index contributed by atoms with van der Waals surface area (Å²) >= 11 is 0. The minimum Gasteiger partial charge on any atom is -0.480 e. The molecule has 1 aliphatic rings. The SMILES string of the molecule is CN(C)NC(=O)N1CC(C)(OCC(=O)O)C1. The van der Waals surface area contributed by atoms with E-state index in [9.17, 15) is 9.59 Å². The topological polar surface area (TPSA) is 82.1 Å². The highest BCUT2D eigenvalue weighted by Crippen LogP contribution is 2.24. The zero-order chi connectivity index (χ0) is 12.3. The minimum atomic E-state index is -1.00. The van der Waals surface area contributed by atoms with Crippen LogP contribution in [0.25, 0.3) is 0 Å². The van der Waals surface area contributed by atoms with Crippen molar-refractivity contribution in [1.29, 1.82) is 0 Å². The van der Waals surface area contributed by atoms with Crippen LogP contribution in [-0.4, -0.2) is 66.4 Å². The van der Waals surface area contributed by atoms with Crippen molar-refractivity contribution in [3.63, 3.8) is 0 Å². The molecule has 0 aliphatic carbocycles. The molecule has 1 fully saturated rings. The molecule has 0 aromatic heterocycles. The summed E-state index contributed by atoms with van der Waals surface area (Å²) in [5.74, 6) is -1.00. The number of carbonyl (C=O) groups is 2. The van der Waals surface area contributed by atoms with Gasteiger partial charge in [0.15, 0.2) is 0 Å². The first kappa shape index (κ1) is 12.7. The molecule has 1 aliphatic heterocycles. The van der Waals surface area contributed by atoms with Gasteiger partial charge in [0.05, 0.1) is 13.1 Å². The van der Waals surface area contributed by atoms with E-state index in [4.69, 9.17) is 9.84 Å². The van der Waals surface area contributed by atoms with E-state index < -0.39 is 11.6 Å². The molecule has 0 saturated carbocycles. The number of hydrogen-bond acceptors (Lipinski definition) is 4. The molecule has 0 aromatic rings. The molecular weight excluding hydrogens is 214 g/mol. The van der Waals surface area contributed by atoms with Gasteiger partial charge in [-0.3, -0.25) is 5.43 Å². The molecule has 7 heteroatoms. The van der Waals surface area contributed by atoms with Crippen molar-refractivity contribution in [3.05, 3.63) is 0 Å². The van der Waals surface area contributed by atoms with Crippen LogP contribution in [0.5, 0.6) is 0 Å². The lowest BCUT2D eigenvalue weighted by Crippen LogP contribution is -2.66. The van der Waals surface area contributed by atoms with Gasteiger partial charge in [0, 0.05) is 14.1 Å². The number of carboxylic acid groups (broad SMARTS) is 1. The van der Waals surface area contributed by atoms with Crippen molar-refractivity contribution < 1.29 is 19.4 Å². The van der Waals surface area contributed by atoms with Crippen LogP contribution in [0.2, 0.25) is 0 Å². The average molecular weight is 231 g/mol.